The van der Waals surface area contributed by atoms with Gasteiger partial charge in [0.05, 0.1) is 0 Å². The van der Waals surface area contributed by atoms with Gasteiger partial charge in [-0.3, -0.25) is 5.10 Å². The third-order valence-electron chi connectivity index (χ3n) is 5.07. The van der Waals surface area contributed by atoms with E-state index in [4.69, 9.17) is 13.3 Å². The van der Waals surface area contributed by atoms with Crippen molar-refractivity contribution in [2.24, 2.45) is 0 Å². The van der Waals surface area contributed by atoms with Gasteiger partial charge in [0.25, 0.3) is 0 Å². The van der Waals surface area contributed by atoms with Crippen LogP contribution in [0.25, 0.3) is 0 Å². The van der Waals surface area contributed by atoms with Gasteiger partial charge in [-0.1, -0.05) is 76.5 Å². The molecule has 1 aromatic rings. The molecule has 6 nitrogen and oxygen atoms in total. The lowest BCUT2D eigenvalue weighted by Gasteiger charge is -2.23. The molecule has 0 atom stereocenters. The molecule has 0 aliphatic heterocycles. The normalized spacial score (nSPS) is 12.0. The molecule has 0 fully saturated rings. The summed E-state index contributed by atoms with van der Waals surface area (Å²) in [6.45, 7) is 2.27. The summed E-state index contributed by atoms with van der Waals surface area (Å²) in [6.07, 6.45) is 15.5. The number of nitrogens with one attached hydrogen (secondary N) is 1. The SMILES string of the molecule is CCCCCCCCCCCCc1nc(SCCC[Si](OC)(OC)OC)n[nH]1. The third-order valence-corrected chi connectivity index (χ3v) is 8.84. The van der Waals surface area contributed by atoms with Gasteiger partial charge in [0.1, 0.15) is 5.82 Å². The number of nitrogens with zero attached hydrogens (tertiary/aromatic N) is 2. The second-order valence-corrected chi connectivity index (χ2v) is 11.4. The maximum Gasteiger partial charge on any atom is 0.500 e. The van der Waals surface area contributed by atoms with E-state index in [0.717, 1.165) is 35.6 Å². The van der Waals surface area contributed by atoms with Gasteiger partial charge in [-0.25, -0.2) is 4.98 Å². The molecule has 0 radical (unpaired) electrons. The van der Waals surface area contributed by atoms with E-state index < -0.39 is 8.80 Å². The highest BCUT2D eigenvalue weighted by Crippen LogP contribution is 2.20. The van der Waals surface area contributed by atoms with Gasteiger partial charge in [-0.15, -0.1) is 5.10 Å². The number of aromatic nitrogens is 3. The van der Waals surface area contributed by atoms with E-state index in [1.165, 1.54) is 64.2 Å². The molecular formula is C20H41N3O3SSi. The van der Waals surface area contributed by atoms with Crippen molar-refractivity contribution in [2.45, 2.75) is 95.2 Å². The molecule has 1 rings (SSSR count). The van der Waals surface area contributed by atoms with E-state index in [0.29, 0.717) is 0 Å². The summed E-state index contributed by atoms with van der Waals surface area (Å²) in [7, 11) is 2.51. The van der Waals surface area contributed by atoms with Crippen molar-refractivity contribution in [1.29, 1.82) is 0 Å². The molecule has 1 aromatic heterocycles. The van der Waals surface area contributed by atoms with Crippen LogP contribution in [-0.2, 0) is 19.7 Å². The maximum absolute atomic E-state index is 5.44. The van der Waals surface area contributed by atoms with Gasteiger partial charge in [0.15, 0.2) is 0 Å². The predicted octanol–water partition coefficient (Wildman–Crippen LogP) is 5.63. The fraction of sp³-hybridized carbons (Fsp3) is 0.900. The van der Waals surface area contributed by atoms with Gasteiger partial charge in [-0.2, -0.15) is 0 Å². The molecule has 0 amide bonds. The molecular weight excluding hydrogens is 390 g/mol. The molecule has 8 heteroatoms. The second-order valence-electron chi connectivity index (χ2n) is 7.24. The van der Waals surface area contributed by atoms with Crippen LogP contribution in [0, 0.1) is 0 Å². The largest absolute Gasteiger partial charge is 0.500 e. The highest BCUT2D eigenvalue weighted by molar-refractivity contribution is 7.99. The van der Waals surface area contributed by atoms with Crippen LogP contribution in [0.4, 0.5) is 0 Å². The highest BCUT2D eigenvalue weighted by atomic mass is 32.2. The second kappa shape index (κ2) is 16.4. The zero-order valence-corrected chi connectivity index (χ0v) is 20.2. The summed E-state index contributed by atoms with van der Waals surface area (Å²) >= 11 is 1.67. The van der Waals surface area contributed by atoms with E-state index in [1.54, 1.807) is 33.1 Å². The molecule has 0 aromatic carbocycles. The molecule has 1 N–H and O–H groups in total. The monoisotopic (exact) mass is 431 g/mol. The van der Waals surface area contributed by atoms with Gasteiger partial charge in [0, 0.05) is 39.5 Å². The fourth-order valence-corrected chi connectivity index (χ4v) is 5.98. The minimum absolute atomic E-state index is 0.805. The van der Waals surface area contributed by atoms with Gasteiger partial charge in [0.2, 0.25) is 5.16 Å². The van der Waals surface area contributed by atoms with Gasteiger partial charge in [-0.05, 0) is 12.8 Å². The molecule has 0 saturated carbocycles. The molecule has 0 saturated heterocycles. The summed E-state index contributed by atoms with van der Waals surface area (Å²) in [5.74, 6) is 1.94. The minimum atomic E-state index is -2.45. The molecule has 28 heavy (non-hydrogen) atoms. The summed E-state index contributed by atoms with van der Waals surface area (Å²) in [6, 6.07) is 0.805. The lowest BCUT2D eigenvalue weighted by Crippen LogP contribution is -2.42. The van der Waals surface area contributed by atoms with Crippen LogP contribution in [0.1, 0.15) is 83.4 Å². The summed E-state index contributed by atoms with van der Waals surface area (Å²) in [5.41, 5.74) is 0. The first-order valence-electron chi connectivity index (χ1n) is 10.9. The minimum Gasteiger partial charge on any atom is -0.377 e. The van der Waals surface area contributed by atoms with Crippen molar-refractivity contribution in [1.82, 2.24) is 15.2 Å². The van der Waals surface area contributed by atoms with Crippen molar-refractivity contribution < 1.29 is 13.3 Å². The topological polar surface area (TPSA) is 69.3 Å². The van der Waals surface area contributed by atoms with Crippen molar-refractivity contribution in [3.8, 4) is 0 Å². The first-order valence-corrected chi connectivity index (χ1v) is 13.8. The smallest absolute Gasteiger partial charge is 0.377 e. The van der Waals surface area contributed by atoms with E-state index in [9.17, 15) is 0 Å². The molecule has 0 aliphatic carbocycles. The highest BCUT2D eigenvalue weighted by Gasteiger charge is 2.36. The van der Waals surface area contributed by atoms with Crippen LogP contribution in [0.5, 0.6) is 0 Å². The number of aromatic amines is 1. The van der Waals surface area contributed by atoms with E-state index in [2.05, 4.69) is 22.1 Å². The Morgan fingerprint density at radius 3 is 1.96 bits per heavy atom. The number of rotatable bonds is 19. The van der Waals surface area contributed by atoms with Crippen molar-refractivity contribution >= 4 is 20.6 Å². The van der Waals surface area contributed by atoms with E-state index in [-0.39, 0.29) is 0 Å². The number of hydrogen-bond acceptors (Lipinski definition) is 6. The van der Waals surface area contributed by atoms with E-state index >= 15 is 0 Å². The molecule has 0 bridgehead atoms. The van der Waals surface area contributed by atoms with E-state index in [1.807, 2.05) is 0 Å². The predicted molar refractivity (Wildman–Crippen MR) is 119 cm³/mol. The number of hydrogen-bond donors (Lipinski definition) is 1. The van der Waals surface area contributed by atoms with Crippen molar-refractivity contribution in [3.05, 3.63) is 5.82 Å². The van der Waals surface area contributed by atoms with Crippen LogP contribution in [0.3, 0.4) is 0 Å². The van der Waals surface area contributed by atoms with Gasteiger partial charge >= 0.3 is 8.80 Å². The summed E-state index contributed by atoms with van der Waals surface area (Å²) in [4.78, 5) is 4.59. The number of H-pyrrole nitrogens is 1. The van der Waals surface area contributed by atoms with Crippen molar-refractivity contribution in [2.75, 3.05) is 27.1 Å². The molecule has 164 valence electrons. The van der Waals surface area contributed by atoms with Crippen LogP contribution < -0.4 is 0 Å². The Bertz CT molecular complexity index is 479. The summed E-state index contributed by atoms with van der Waals surface area (Å²) in [5, 5.41) is 8.23. The summed E-state index contributed by atoms with van der Waals surface area (Å²) < 4.78 is 16.3. The molecule has 0 aliphatic rings. The quantitative estimate of drug-likeness (QED) is 0.174. The van der Waals surface area contributed by atoms with Gasteiger partial charge < -0.3 is 13.3 Å². The average molecular weight is 432 g/mol. The van der Waals surface area contributed by atoms with Crippen LogP contribution in [0.15, 0.2) is 5.16 Å². The Labute approximate surface area is 177 Å². The van der Waals surface area contributed by atoms with Crippen LogP contribution in [0.2, 0.25) is 6.04 Å². The Hall–Kier alpha value is -0.413. The Balaban J connectivity index is 2.05. The number of aryl methyl sites for hydroxylation is 1. The Kier molecular flexibility index (Phi) is 15.0. The van der Waals surface area contributed by atoms with Crippen LogP contribution in [-0.4, -0.2) is 51.1 Å². The first-order chi connectivity index (χ1) is 13.7. The number of thioether (sulfide) groups is 1. The Morgan fingerprint density at radius 1 is 0.821 bits per heavy atom. The molecule has 1 heterocycles. The Morgan fingerprint density at radius 2 is 1.39 bits per heavy atom. The molecule has 0 unspecified atom stereocenters. The molecule has 0 spiro atoms. The zero-order chi connectivity index (χ0) is 20.5. The standard InChI is InChI=1S/C20H41N3O3SSi/c1-5-6-7-8-9-10-11-12-13-14-16-19-21-20(23-22-19)27-17-15-18-28(24-2,25-3)26-4/h5-18H2,1-4H3,(H,21,22,23). The van der Waals surface area contributed by atoms with Crippen LogP contribution >= 0.6 is 11.8 Å². The zero-order valence-electron chi connectivity index (χ0n) is 18.4. The van der Waals surface area contributed by atoms with Crippen molar-refractivity contribution in [3.63, 3.8) is 0 Å². The lowest BCUT2D eigenvalue weighted by atomic mass is 10.1. The number of unbranched alkanes of at least 4 members (excludes halogenated alkanes) is 9. The average Bonchev–Trinajstić information content (AvgIpc) is 3.18. The fourth-order valence-electron chi connectivity index (χ4n) is 3.24. The first kappa shape index (κ1) is 25.6. The maximum atomic E-state index is 5.44. The third kappa shape index (κ3) is 10.9. The lowest BCUT2D eigenvalue weighted by molar-refractivity contribution is 0.123.